The van der Waals surface area contributed by atoms with Gasteiger partial charge < -0.3 is 5.73 Å². The van der Waals surface area contributed by atoms with Crippen LogP contribution >= 0.6 is 15.9 Å². The van der Waals surface area contributed by atoms with E-state index in [1.165, 1.54) is 0 Å². The molecule has 0 fully saturated rings. The van der Waals surface area contributed by atoms with Crippen LogP contribution in [0.4, 0.5) is 0 Å². The average molecular weight is 338 g/mol. The van der Waals surface area contributed by atoms with Gasteiger partial charge in [-0.15, -0.1) is 0 Å². The highest BCUT2D eigenvalue weighted by Crippen LogP contribution is 2.26. The SMILES string of the molecule is CC(C(N)c1ccccc1)S(=O)c1ccccc1Br. The molecule has 4 heteroatoms. The predicted octanol–water partition coefficient (Wildman–Crippen LogP) is 3.65. The summed E-state index contributed by atoms with van der Waals surface area (Å²) in [5, 5.41) is -0.152. The topological polar surface area (TPSA) is 43.1 Å². The van der Waals surface area contributed by atoms with Crippen LogP contribution in [0.2, 0.25) is 0 Å². The number of nitrogens with two attached hydrogens (primary N) is 1. The van der Waals surface area contributed by atoms with Crippen LogP contribution in [0.15, 0.2) is 64.0 Å². The molecule has 100 valence electrons. The zero-order chi connectivity index (χ0) is 13.8. The van der Waals surface area contributed by atoms with Crippen molar-refractivity contribution < 1.29 is 4.21 Å². The third-order valence-electron chi connectivity index (χ3n) is 3.08. The molecular formula is C15H16BrNOS. The Morgan fingerprint density at radius 1 is 1.05 bits per heavy atom. The summed E-state index contributed by atoms with van der Waals surface area (Å²) >= 11 is 3.44. The first kappa shape index (κ1) is 14.4. The molecule has 2 aromatic rings. The Labute approximate surface area is 124 Å². The molecule has 0 aliphatic rings. The van der Waals surface area contributed by atoms with Crippen LogP contribution in [-0.2, 0) is 10.8 Å². The van der Waals surface area contributed by atoms with E-state index in [9.17, 15) is 4.21 Å². The van der Waals surface area contributed by atoms with Gasteiger partial charge in [-0.3, -0.25) is 4.21 Å². The molecule has 0 aromatic heterocycles. The average Bonchev–Trinajstić information content (AvgIpc) is 2.46. The largest absolute Gasteiger partial charge is 0.323 e. The quantitative estimate of drug-likeness (QED) is 0.925. The maximum atomic E-state index is 12.6. The molecule has 2 rings (SSSR count). The molecule has 19 heavy (non-hydrogen) atoms. The van der Waals surface area contributed by atoms with Crippen molar-refractivity contribution >= 4 is 26.7 Å². The van der Waals surface area contributed by atoms with Crippen molar-refractivity contribution in [1.82, 2.24) is 0 Å². The number of hydrogen-bond acceptors (Lipinski definition) is 2. The fourth-order valence-corrected chi connectivity index (χ4v) is 3.95. The summed E-state index contributed by atoms with van der Waals surface area (Å²) in [5.41, 5.74) is 7.23. The summed E-state index contributed by atoms with van der Waals surface area (Å²) in [4.78, 5) is 0.793. The molecular weight excluding hydrogens is 322 g/mol. The second-order valence-corrected chi connectivity index (χ2v) is 7.00. The molecule has 0 aliphatic heterocycles. The molecule has 2 N–H and O–H groups in total. The minimum absolute atomic E-state index is 0.152. The Morgan fingerprint density at radius 3 is 2.26 bits per heavy atom. The number of hydrogen-bond donors (Lipinski definition) is 1. The first-order valence-corrected chi connectivity index (χ1v) is 8.07. The van der Waals surface area contributed by atoms with Crippen molar-refractivity contribution in [2.45, 2.75) is 23.1 Å². The summed E-state index contributed by atoms with van der Waals surface area (Å²) in [6, 6.07) is 17.1. The minimum atomic E-state index is -1.14. The normalized spacial score (nSPS) is 15.7. The zero-order valence-corrected chi connectivity index (χ0v) is 13.0. The van der Waals surface area contributed by atoms with Crippen molar-refractivity contribution in [1.29, 1.82) is 0 Å². The monoisotopic (exact) mass is 337 g/mol. The smallest absolute Gasteiger partial charge is 0.0588 e. The van der Waals surface area contributed by atoms with E-state index < -0.39 is 10.8 Å². The number of benzene rings is 2. The van der Waals surface area contributed by atoms with Gasteiger partial charge >= 0.3 is 0 Å². The molecule has 0 bridgehead atoms. The predicted molar refractivity (Wildman–Crippen MR) is 83.4 cm³/mol. The molecule has 0 amide bonds. The van der Waals surface area contributed by atoms with Gasteiger partial charge in [0.05, 0.1) is 20.9 Å². The van der Waals surface area contributed by atoms with Crippen molar-refractivity contribution in [3.63, 3.8) is 0 Å². The van der Waals surface area contributed by atoms with Gasteiger partial charge in [-0.05, 0) is 40.5 Å². The van der Waals surface area contributed by atoms with Crippen LogP contribution in [0.5, 0.6) is 0 Å². The second-order valence-electron chi connectivity index (χ2n) is 4.37. The minimum Gasteiger partial charge on any atom is -0.323 e. The van der Waals surface area contributed by atoms with E-state index in [1.54, 1.807) is 0 Å². The Morgan fingerprint density at radius 2 is 1.63 bits per heavy atom. The van der Waals surface area contributed by atoms with E-state index in [4.69, 9.17) is 5.73 Å². The van der Waals surface area contributed by atoms with Crippen molar-refractivity contribution in [2.75, 3.05) is 0 Å². The molecule has 0 saturated carbocycles. The van der Waals surface area contributed by atoms with E-state index in [2.05, 4.69) is 15.9 Å². The maximum Gasteiger partial charge on any atom is 0.0588 e. The summed E-state index contributed by atoms with van der Waals surface area (Å²) in [6.07, 6.45) is 0. The lowest BCUT2D eigenvalue weighted by Gasteiger charge is -2.20. The van der Waals surface area contributed by atoms with Gasteiger partial charge in [0.25, 0.3) is 0 Å². The highest BCUT2D eigenvalue weighted by Gasteiger charge is 2.23. The fraction of sp³-hybridized carbons (Fsp3) is 0.200. The summed E-state index contributed by atoms with van der Waals surface area (Å²) in [5.74, 6) is 0. The first-order chi connectivity index (χ1) is 9.11. The Bertz CT molecular complexity index is 573. The lowest BCUT2D eigenvalue weighted by Crippen LogP contribution is -2.27. The summed E-state index contributed by atoms with van der Waals surface area (Å²) < 4.78 is 13.4. The zero-order valence-electron chi connectivity index (χ0n) is 10.6. The van der Waals surface area contributed by atoms with Crippen LogP contribution < -0.4 is 5.73 Å². The van der Waals surface area contributed by atoms with Gasteiger partial charge in [0.2, 0.25) is 0 Å². The molecule has 0 spiro atoms. The Hall–Kier alpha value is -0.970. The summed E-state index contributed by atoms with van der Waals surface area (Å²) in [6.45, 7) is 1.92. The van der Waals surface area contributed by atoms with Crippen molar-refractivity contribution in [2.24, 2.45) is 5.73 Å². The van der Waals surface area contributed by atoms with E-state index in [0.717, 1.165) is 14.9 Å². The molecule has 0 saturated heterocycles. The van der Waals surface area contributed by atoms with E-state index in [0.29, 0.717) is 0 Å². The number of halogens is 1. The van der Waals surface area contributed by atoms with Gasteiger partial charge in [-0.1, -0.05) is 42.5 Å². The molecule has 0 aliphatic carbocycles. The van der Waals surface area contributed by atoms with Crippen LogP contribution in [-0.4, -0.2) is 9.46 Å². The first-order valence-electron chi connectivity index (χ1n) is 6.07. The molecule has 0 heterocycles. The molecule has 2 aromatic carbocycles. The third kappa shape index (κ3) is 3.32. The van der Waals surface area contributed by atoms with Crippen LogP contribution in [0.3, 0.4) is 0 Å². The summed E-state index contributed by atoms with van der Waals surface area (Å²) in [7, 11) is -1.14. The Kier molecular flexibility index (Phi) is 4.91. The van der Waals surface area contributed by atoms with E-state index in [1.807, 2.05) is 61.5 Å². The maximum absolute atomic E-state index is 12.6. The Balaban J connectivity index is 2.23. The molecule has 3 unspecified atom stereocenters. The third-order valence-corrected chi connectivity index (χ3v) is 5.79. The van der Waals surface area contributed by atoms with Crippen LogP contribution in [0.25, 0.3) is 0 Å². The molecule has 0 radical (unpaired) electrons. The van der Waals surface area contributed by atoms with Crippen LogP contribution in [0, 0.1) is 0 Å². The molecule has 2 nitrogen and oxygen atoms in total. The lowest BCUT2D eigenvalue weighted by molar-refractivity contribution is 0.643. The van der Waals surface area contributed by atoms with Crippen molar-refractivity contribution in [3.05, 3.63) is 64.6 Å². The van der Waals surface area contributed by atoms with Gasteiger partial charge in [-0.2, -0.15) is 0 Å². The molecule has 3 atom stereocenters. The van der Waals surface area contributed by atoms with Crippen LogP contribution in [0.1, 0.15) is 18.5 Å². The number of rotatable bonds is 4. The fourth-order valence-electron chi connectivity index (χ4n) is 1.89. The van der Waals surface area contributed by atoms with Crippen molar-refractivity contribution in [3.8, 4) is 0 Å². The second kappa shape index (κ2) is 6.46. The van der Waals surface area contributed by atoms with Gasteiger partial charge in [0, 0.05) is 10.5 Å². The van der Waals surface area contributed by atoms with E-state index in [-0.39, 0.29) is 11.3 Å². The highest BCUT2D eigenvalue weighted by atomic mass is 79.9. The highest BCUT2D eigenvalue weighted by molar-refractivity contribution is 9.10. The van der Waals surface area contributed by atoms with E-state index >= 15 is 0 Å². The van der Waals surface area contributed by atoms with Gasteiger partial charge in [0.15, 0.2) is 0 Å². The standard InChI is InChI=1S/C15H16BrNOS/c1-11(15(17)12-7-3-2-4-8-12)19(18)14-10-6-5-9-13(14)16/h2-11,15H,17H2,1H3. The lowest BCUT2D eigenvalue weighted by atomic mass is 10.1. The van der Waals surface area contributed by atoms with Gasteiger partial charge in [0.1, 0.15) is 0 Å². The van der Waals surface area contributed by atoms with Gasteiger partial charge in [-0.25, -0.2) is 0 Å².